The van der Waals surface area contributed by atoms with E-state index in [4.69, 9.17) is 10.8 Å². The van der Waals surface area contributed by atoms with Crippen LogP contribution >= 0.6 is 0 Å². The Hall–Kier alpha value is -1.10. The minimum Gasteiger partial charge on any atom is -0.481 e. The first-order valence-electron chi connectivity index (χ1n) is 4.24. The van der Waals surface area contributed by atoms with Gasteiger partial charge in [-0.05, 0) is 5.92 Å². The fourth-order valence-corrected chi connectivity index (χ4v) is 0.878. The van der Waals surface area contributed by atoms with Crippen molar-refractivity contribution in [1.29, 1.82) is 0 Å². The fraction of sp³-hybridized carbons (Fsp3) is 0.750. The highest BCUT2D eigenvalue weighted by molar-refractivity contribution is 5.76. The second-order valence-electron chi connectivity index (χ2n) is 3.05. The van der Waals surface area contributed by atoms with E-state index in [1.54, 1.807) is 6.92 Å². The summed E-state index contributed by atoms with van der Waals surface area (Å²) in [5, 5.41) is 11.0. The topological polar surface area (TPSA) is 92.4 Å². The second kappa shape index (κ2) is 6.42. The molecule has 0 radical (unpaired) electrons. The molecule has 0 aliphatic carbocycles. The molecular formula is C8H16N2O3. The predicted octanol–water partition coefficient (Wildman–Crippen LogP) is -0.438. The first kappa shape index (κ1) is 11.9. The zero-order valence-corrected chi connectivity index (χ0v) is 7.75. The summed E-state index contributed by atoms with van der Waals surface area (Å²) in [6.07, 6.45) is 0.364. The van der Waals surface area contributed by atoms with Gasteiger partial charge in [-0.1, -0.05) is 6.92 Å². The SMILES string of the molecule is CC(CNC(=O)CCN)CC(=O)O. The molecule has 5 heteroatoms. The summed E-state index contributed by atoms with van der Waals surface area (Å²) in [7, 11) is 0. The van der Waals surface area contributed by atoms with Crippen LogP contribution in [0.4, 0.5) is 0 Å². The Morgan fingerprint density at radius 1 is 1.54 bits per heavy atom. The van der Waals surface area contributed by atoms with Crippen LogP contribution in [-0.2, 0) is 9.59 Å². The van der Waals surface area contributed by atoms with Gasteiger partial charge in [-0.2, -0.15) is 0 Å². The van der Waals surface area contributed by atoms with E-state index in [2.05, 4.69) is 5.32 Å². The van der Waals surface area contributed by atoms with Crippen molar-refractivity contribution in [2.75, 3.05) is 13.1 Å². The lowest BCUT2D eigenvalue weighted by atomic mass is 10.1. The molecule has 5 nitrogen and oxygen atoms in total. The Bertz CT molecular complexity index is 182. The van der Waals surface area contributed by atoms with Crippen LogP contribution in [0.5, 0.6) is 0 Å². The van der Waals surface area contributed by atoms with Crippen LogP contribution in [0.15, 0.2) is 0 Å². The maximum Gasteiger partial charge on any atom is 0.303 e. The van der Waals surface area contributed by atoms with Gasteiger partial charge in [0.1, 0.15) is 0 Å². The van der Waals surface area contributed by atoms with Crippen LogP contribution in [0, 0.1) is 5.92 Å². The number of nitrogens with two attached hydrogens (primary N) is 1. The number of nitrogens with one attached hydrogen (secondary N) is 1. The Morgan fingerprint density at radius 3 is 2.62 bits per heavy atom. The second-order valence-corrected chi connectivity index (χ2v) is 3.05. The van der Waals surface area contributed by atoms with Crippen LogP contribution in [0.2, 0.25) is 0 Å². The van der Waals surface area contributed by atoms with Crippen molar-refractivity contribution >= 4 is 11.9 Å². The van der Waals surface area contributed by atoms with Crippen molar-refractivity contribution < 1.29 is 14.7 Å². The van der Waals surface area contributed by atoms with Gasteiger partial charge in [0.05, 0.1) is 0 Å². The zero-order valence-electron chi connectivity index (χ0n) is 7.75. The third-order valence-corrected chi connectivity index (χ3v) is 1.54. The molecule has 1 atom stereocenters. The third-order valence-electron chi connectivity index (χ3n) is 1.54. The summed E-state index contributed by atoms with van der Waals surface area (Å²) in [5.74, 6) is -1.01. The number of carboxylic acid groups (broad SMARTS) is 1. The van der Waals surface area contributed by atoms with Crippen molar-refractivity contribution in [3.63, 3.8) is 0 Å². The van der Waals surface area contributed by atoms with E-state index in [1.165, 1.54) is 0 Å². The quantitative estimate of drug-likeness (QED) is 0.527. The summed E-state index contributed by atoms with van der Waals surface area (Å²) >= 11 is 0. The molecule has 1 unspecified atom stereocenters. The molecule has 0 saturated carbocycles. The number of rotatable bonds is 6. The standard InChI is InChI=1S/C8H16N2O3/c1-6(4-8(12)13)5-10-7(11)2-3-9/h6H,2-5,9H2,1H3,(H,10,11)(H,12,13). The lowest BCUT2D eigenvalue weighted by Crippen LogP contribution is -2.30. The van der Waals surface area contributed by atoms with Gasteiger partial charge < -0.3 is 16.2 Å². The first-order chi connectivity index (χ1) is 6.06. The van der Waals surface area contributed by atoms with E-state index in [0.29, 0.717) is 19.5 Å². The summed E-state index contributed by atoms with van der Waals surface area (Å²) in [4.78, 5) is 21.1. The molecule has 1 amide bonds. The Morgan fingerprint density at radius 2 is 2.15 bits per heavy atom. The number of aliphatic carboxylic acids is 1. The van der Waals surface area contributed by atoms with Crippen molar-refractivity contribution in [2.24, 2.45) is 11.7 Å². The van der Waals surface area contributed by atoms with Gasteiger partial charge >= 0.3 is 5.97 Å². The Balaban J connectivity index is 3.51. The summed E-state index contributed by atoms with van der Waals surface area (Å²) in [6, 6.07) is 0. The van der Waals surface area contributed by atoms with E-state index in [0.717, 1.165) is 0 Å². The number of carbonyl (C=O) groups is 2. The largest absolute Gasteiger partial charge is 0.481 e. The van der Waals surface area contributed by atoms with Gasteiger partial charge in [-0.25, -0.2) is 0 Å². The molecule has 0 aromatic carbocycles. The molecule has 0 aliphatic heterocycles. The van der Waals surface area contributed by atoms with E-state index >= 15 is 0 Å². The highest BCUT2D eigenvalue weighted by Gasteiger charge is 2.08. The normalized spacial score (nSPS) is 12.2. The van der Waals surface area contributed by atoms with E-state index in [9.17, 15) is 9.59 Å². The van der Waals surface area contributed by atoms with E-state index < -0.39 is 5.97 Å². The van der Waals surface area contributed by atoms with E-state index in [-0.39, 0.29) is 18.2 Å². The maximum atomic E-state index is 10.9. The number of carbonyl (C=O) groups excluding carboxylic acids is 1. The molecule has 0 bridgehead atoms. The maximum absolute atomic E-state index is 10.9. The summed E-state index contributed by atoms with van der Waals surface area (Å²) < 4.78 is 0. The van der Waals surface area contributed by atoms with Crippen molar-refractivity contribution in [2.45, 2.75) is 19.8 Å². The monoisotopic (exact) mass is 188 g/mol. The average molecular weight is 188 g/mol. The molecule has 0 aromatic heterocycles. The van der Waals surface area contributed by atoms with Crippen LogP contribution in [0.1, 0.15) is 19.8 Å². The van der Waals surface area contributed by atoms with Crippen LogP contribution < -0.4 is 11.1 Å². The van der Waals surface area contributed by atoms with Crippen molar-refractivity contribution in [3.05, 3.63) is 0 Å². The average Bonchev–Trinajstić information content (AvgIpc) is 2.00. The van der Waals surface area contributed by atoms with Gasteiger partial charge in [-0.3, -0.25) is 9.59 Å². The zero-order chi connectivity index (χ0) is 10.3. The lowest BCUT2D eigenvalue weighted by Gasteiger charge is -2.09. The molecule has 0 aliphatic rings. The first-order valence-corrected chi connectivity index (χ1v) is 4.24. The minimum absolute atomic E-state index is 0.0424. The molecule has 13 heavy (non-hydrogen) atoms. The molecule has 0 fully saturated rings. The highest BCUT2D eigenvalue weighted by atomic mass is 16.4. The van der Waals surface area contributed by atoms with Gasteiger partial charge in [0, 0.05) is 25.9 Å². The molecule has 76 valence electrons. The summed E-state index contributed by atoms with van der Waals surface area (Å²) in [6.45, 7) is 2.49. The van der Waals surface area contributed by atoms with Gasteiger partial charge in [0.2, 0.25) is 5.91 Å². The number of hydrogen-bond acceptors (Lipinski definition) is 3. The molecule has 0 aromatic rings. The Kier molecular flexibility index (Phi) is 5.88. The third kappa shape index (κ3) is 7.27. The summed E-state index contributed by atoms with van der Waals surface area (Å²) in [5.41, 5.74) is 5.16. The lowest BCUT2D eigenvalue weighted by molar-refractivity contribution is -0.138. The smallest absolute Gasteiger partial charge is 0.303 e. The van der Waals surface area contributed by atoms with Crippen molar-refractivity contribution in [1.82, 2.24) is 5.32 Å². The molecular weight excluding hydrogens is 172 g/mol. The number of carboxylic acids is 1. The number of amides is 1. The van der Waals surface area contributed by atoms with Crippen LogP contribution in [-0.4, -0.2) is 30.1 Å². The van der Waals surface area contributed by atoms with Gasteiger partial charge in [0.15, 0.2) is 0 Å². The van der Waals surface area contributed by atoms with Gasteiger partial charge in [-0.15, -0.1) is 0 Å². The predicted molar refractivity (Wildman–Crippen MR) is 48.1 cm³/mol. The fourth-order valence-electron chi connectivity index (χ4n) is 0.878. The minimum atomic E-state index is -0.847. The molecule has 0 spiro atoms. The van der Waals surface area contributed by atoms with Crippen LogP contribution in [0.3, 0.4) is 0 Å². The van der Waals surface area contributed by atoms with Crippen LogP contribution in [0.25, 0.3) is 0 Å². The highest BCUT2D eigenvalue weighted by Crippen LogP contribution is 1.99. The molecule has 0 rings (SSSR count). The number of hydrogen-bond donors (Lipinski definition) is 3. The Labute approximate surface area is 77.3 Å². The molecule has 0 heterocycles. The molecule has 0 saturated heterocycles. The van der Waals surface area contributed by atoms with Crippen molar-refractivity contribution in [3.8, 4) is 0 Å². The van der Waals surface area contributed by atoms with Gasteiger partial charge in [0.25, 0.3) is 0 Å². The van der Waals surface area contributed by atoms with E-state index in [1.807, 2.05) is 0 Å². The molecule has 4 N–H and O–H groups in total.